The molecule has 0 unspecified atom stereocenters. The SMILES string of the molecule is CC1=CC2=C(C)[C@]3(C[C@H]3CCCNC(=O)N3CCC(N4CCCCC4)CC3)[C@@](C)(O)C(=O)C2=C1. The van der Waals surface area contributed by atoms with Crippen molar-refractivity contribution in [3.8, 4) is 0 Å². The third-order valence-corrected chi connectivity index (χ3v) is 9.43. The second kappa shape index (κ2) is 8.94. The van der Waals surface area contributed by atoms with Gasteiger partial charge in [0.2, 0.25) is 0 Å². The number of likely N-dealkylation sites (tertiary alicyclic amines) is 2. The molecule has 1 saturated carbocycles. The van der Waals surface area contributed by atoms with E-state index in [2.05, 4.69) is 23.2 Å². The molecule has 3 fully saturated rings. The van der Waals surface area contributed by atoms with E-state index < -0.39 is 11.0 Å². The predicted octanol–water partition coefficient (Wildman–Crippen LogP) is 3.97. The van der Waals surface area contributed by atoms with Crippen molar-refractivity contribution in [2.75, 3.05) is 32.7 Å². The van der Waals surface area contributed by atoms with Crippen LogP contribution in [0.15, 0.2) is 34.4 Å². The number of carbonyl (C=O) groups is 2. The first-order valence-electron chi connectivity index (χ1n) is 13.4. The Morgan fingerprint density at radius 3 is 2.53 bits per heavy atom. The summed E-state index contributed by atoms with van der Waals surface area (Å²) < 4.78 is 0. The van der Waals surface area contributed by atoms with Crippen molar-refractivity contribution in [1.29, 1.82) is 0 Å². The molecule has 2 saturated heterocycles. The van der Waals surface area contributed by atoms with Crippen molar-refractivity contribution >= 4 is 11.8 Å². The number of aliphatic hydroxyl groups is 1. The highest BCUT2D eigenvalue weighted by molar-refractivity contribution is 6.10. The molecule has 0 radical (unpaired) electrons. The van der Waals surface area contributed by atoms with Gasteiger partial charge in [0.05, 0.1) is 0 Å². The number of nitrogens with one attached hydrogen (secondary N) is 1. The average Bonchev–Trinajstić information content (AvgIpc) is 3.46. The van der Waals surface area contributed by atoms with Gasteiger partial charge in [0, 0.05) is 36.7 Å². The van der Waals surface area contributed by atoms with Crippen LogP contribution in [0, 0.1) is 11.3 Å². The molecule has 0 aromatic rings. The van der Waals surface area contributed by atoms with Crippen LogP contribution in [0.25, 0.3) is 0 Å². The minimum Gasteiger partial charge on any atom is -0.381 e. The van der Waals surface area contributed by atoms with Crippen LogP contribution in [0.3, 0.4) is 0 Å². The summed E-state index contributed by atoms with van der Waals surface area (Å²) in [6, 6.07) is 0.703. The van der Waals surface area contributed by atoms with Gasteiger partial charge in [0.25, 0.3) is 0 Å². The minimum atomic E-state index is -1.35. The number of amides is 2. The van der Waals surface area contributed by atoms with E-state index in [-0.39, 0.29) is 17.7 Å². The topological polar surface area (TPSA) is 72.9 Å². The number of allylic oxidation sites excluding steroid dienone is 4. The summed E-state index contributed by atoms with van der Waals surface area (Å²) in [5, 5.41) is 14.4. The van der Waals surface area contributed by atoms with Crippen LogP contribution >= 0.6 is 0 Å². The zero-order valence-corrected chi connectivity index (χ0v) is 21.2. The van der Waals surface area contributed by atoms with Crippen molar-refractivity contribution in [2.45, 2.75) is 83.8 Å². The zero-order chi connectivity index (χ0) is 24.1. The first-order chi connectivity index (χ1) is 16.3. The third kappa shape index (κ3) is 3.87. The maximum Gasteiger partial charge on any atom is 0.317 e. The van der Waals surface area contributed by atoms with Gasteiger partial charge in [-0.3, -0.25) is 4.79 Å². The zero-order valence-electron chi connectivity index (χ0n) is 21.2. The van der Waals surface area contributed by atoms with Crippen LogP contribution in [0.4, 0.5) is 4.79 Å². The van der Waals surface area contributed by atoms with Crippen LogP contribution in [0.2, 0.25) is 0 Å². The van der Waals surface area contributed by atoms with Crippen LogP contribution in [-0.2, 0) is 4.79 Å². The molecular formula is C28H41N3O3. The van der Waals surface area contributed by atoms with Gasteiger partial charge in [-0.1, -0.05) is 18.1 Å². The van der Waals surface area contributed by atoms with E-state index in [1.807, 2.05) is 17.9 Å². The van der Waals surface area contributed by atoms with E-state index >= 15 is 0 Å². The minimum absolute atomic E-state index is 0.0575. The Morgan fingerprint density at radius 1 is 1.12 bits per heavy atom. The lowest BCUT2D eigenvalue weighted by molar-refractivity contribution is -0.138. The number of fused-ring (bicyclic) bond motifs is 1. The molecule has 2 aliphatic heterocycles. The lowest BCUT2D eigenvalue weighted by atomic mass is 9.66. The van der Waals surface area contributed by atoms with E-state index in [4.69, 9.17) is 0 Å². The highest BCUT2D eigenvalue weighted by Gasteiger charge is 2.70. The molecule has 2 N–H and O–H groups in total. The predicted molar refractivity (Wildman–Crippen MR) is 133 cm³/mol. The van der Waals surface area contributed by atoms with Gasteiger partial charge < -0.3 is 20.2 Å². The number of hydrogen-bond acceptors (Lipinski definition) is 4. The van der Waals surface area contributed by atoms with Crippen molar-refractivity contribution in [3.63, 3.8) is 0 Å². The van der Waals surface area contributed by atoms with Gasteiger partial charge in [0.1, 0.15) is 5.60 Å². The lowest BCUT2D eigenvalue weighted by Gasteiger charge is -2.40. The van der Waals surface area contributed by atoms with E-state index in [0.29, 0.717) is 18.2 Å². The average molecular weight is 468 g/mol. The highest BCUT2D eigenvalue weighted by Crippen LogP contribution is 2.69. The third-order valence-electron chi connectivity index (χ3n) is 9.43. The molecule has 5 rings (SSSR count). The molecule has 6 nitrogen and oxygen atoms in total. The Hall–Kier alpha value is -1.92. The molecule has 3 atom stereocenters. The first-order valence-corrected chi connectivity index (χ1v) is 13.4. The van der Waals surface area contributed by atoms with Crippen molar-refractivity contribution in [2.24, 2.45) is 11.3 Å². The molecule has 0 aromatic carbocycles. The lowest BCUT2D eigenvalue weighted by Crippen LogP contribution is -2.50. The molecule has 2 heterocycles. The van der Waals surface area contributed by atoms with E-state index in [1.165, 1.54) is 32.4 Å². The van der Waals surface area contributed by atoms with E-state index in [9.17, 15) is 14.7 Å². The first kappa shape index (κ1) is 23.8. The second-order valence-corrected chi connectivity index (χ2v) is 11.4. The fourth-order valence-electron chi connectivity index (χ4n) is 7.33. The number of piperidine rings is 2. The Bertz CT molecular complexity index is 948. The smallest absolute Gasteiger partial charge is 0.317 e. The number of urea groups is 1. The molecule has 5 aliphatic rings. The summed E-state index contributed by atoms with van der Waals surface area (Å²) in [6.45, 7) is 10.6. The Labute approximate surface area is 204 Å². The second-order valence-electron chi connectivity index (χ2n) is 11.4. The number of nitrogens with zero attached hydrogens (tertiary/aromatic N) is 2. The fraction of sp³-hybridized carbons (Fsp3) is 0.714. The molecule has 186 valence electrons. The Morgan fingerprint density at radius 2 is 1.82 bits per heavy atom. The summed E-state index contributed by atoms with van der Waals surface area (Å²) in [5.74, 6) is 0.150. The van der Waals surface area contributed by atoms with E-state index in [0.717, 1.165) is 61.9 Å². The molecule has 3 aliphatic carbocycles. The fourth-order valence-corrected chi connectivity index (χ4v) is 7.33. The molecule has 0 aromatic heterocycles. The molecule has 34 heavy (non-hydrogen) atoms. The van der Waals surface area contributed by atoms with Gasteiger partial charge in [-0.15, -0.1) is 0 Å². The number of hydrogen-bond donors (Lipinski definition) is 2. The van der Waals surface area contributed by atoms with Gasteiger partial charge in [0.15, 0.2) is 5.78 Å². The number of carbonyl (C=O) groups excluding carboxylic acids is 2. The molecule has 0 bridgehead atoms. The standard InChI is InChI=1S/C28H41N3O3/c1-19-16-23-20(2)28(27(3,34)25(32)24(23)17-19)18-21(28)8-7-11-29-26(33)31-14-9-22(10-15-31)30-12-5-4-6-13-30/h16-17,21-22,34H,4-15,18H2,1-3H3,(H,29,33)/t21-,27+,28+/m1/s1. The van der Waals surface area contributed by atoms with Crippen LogP contribution in [-0.4, -0.2) is 71.1 Å². The molecular weight excluding hydrogens is 426 g/mol. The Kier molecular flexibility index (Phi) is 6.26. The maximum atomic E-state index is 13.1. The van der Waals surface area contributed by atoms with Gasteiger partial charge >= 0.3 is 6.03 Å². The summed E-state index contributed by atoms with van der Waals surface area (Å²) in [4.78, 5) is 30.4. The summed E-state index contributed by atoms with van der Waals surface area (Å²) in [5.41, 5.74) is 2.14. The monoisotopic (exact) mass is 467 g/mol. The normalized spacial score (nSPS) is 34.3. The maximum absolute atomic E-state index is 13.1. The molecule has 6 heteroatoms. The van der Waals surface area contributed by atoms with Crippen LogP contribution in [0.1, 0.15) is 72.1 Å². The van der Waals surface area contributed by atoms with E-state index in [1.54, 1.807) is 6.92 Å². The van der Waals surface area contributed by atoms with Crippen molar-refractivity contribution in [1.82, 2.24) is 15.1 Å². The van der Waals surface area contributed by atoms with Crippen LogP contribution < -0.4 is 5.32 Å². The van der Waals surface area contributed by atoms with Gasteiger partial charge in [-0.25, -0.2) is 4.79 Å². The molecule has 2 amide bonds. The highest BCUT2D eigenvalue weighted by atomic mass is 16.3. The van der Waals surface area contributed by atoms with Crippen molar-refractivity contribution in [3.05, 3.63) is 34.4 Å². The summed E-state index contributed by atoms with van der Waals surface area (Å²) >= 11 is 0. The summed E-state index contributed by atoms with van der Waals surface area (Å²) in [6.07, 6.45) is 12.8. The quantitative estimate of drug-likeness (QED) is 0.600. The van der Waals surface area contributed by atoms with Crippen molar-refractivity contribution < 1.29 is 14.7 Å². The largest absolute Gasteiger partial charge is 0.381 e. The molecule has 1 spiro atoms. The number of ketones is 1. The Balaban J connectivity index is 1.09. The van der Waals surface area contributed by atoms with Crippen LogP contribution in [0.5, 0.6) is 0 Å². The number of Topliss-reactive ketones (excluding diaryl/α,β-unsaturated/α-hetero) is 1. The number of rotatable bonds is 5. The van der Waals surface area contributed by atoms with Gasteiger partial charge in [-0.2, -0.15) is 0 Å². The summed E-state index contributed by atoms with van der Waals surface area (Å²) in [7, 11) is 0. The van der Waals surface area contributed by atoms with Gasteiger partial charge in [-0.05, 0) is 102 Å².